The smallest absolute Gasteiger partial charge is 0.337 e. The van der Waals surface area contributed by atoms with Crippen molar-refractivity contribution in [2.24, 2.45) is 0 Å². The Morgan fingerprint density at radius 2 is 2.19 bits per heavy atom. The Labute approximate surface area is 120 Å². The zero-order chi connectivity index (χ0) is 14.7. The predicted octanol–water partition coefficient (Wildman–Crippen LogP) is 2.00. The van der Waals surface area contributed by atoms with E-state index in [9.17, 15) is 4.79 Å². The third-order valence-electron chi connectivity index (χ3n) is 2.86. The molecule has 0 unspecified atom stereocenters. The Morgan fingerprint density at radius 1 is 1.33 bits per heavy atom. The normalized spacial score (nSPS) is 10.5. The van der Waals surface area contributed by atoms with Crippen LogP contribution in [0.4, 0.5) is 5.95 Å². The lowest BCUT2D eigenvalue weighted by Crippen LogP contribution is -2.13. The Balaban J connectivity index is 1.86. The summed E-state index contributed by atoms with van der Waals surface area (Å²) in [5.74, 6) is -0.0443. The average Bonchev–Trinajstić information content (AvgIpc) is 2.94. The first-order chi connectivity index (χ1) is 10.3. The van der Waals surface area contributed by atoms with E-state index in [1.807, 2.05) is 31.2 Å². The summed E-state index contributed by atoms with van der Waals surface area (Å²) in [5.41, 5.74) is 1.28. The third-order valence-corrected chi connectivity index (χ3v) is 2.86. The van der Waals surface area contributed by atoms with Gasteiger partial charge in [-0.25, -0.2) is 5.10 Å². The summed E-state index contributed by atoms with van der Waals surface area (Å²) in [7, 11) is 0. The van der Waals surface area contributed by atoms with Crippen LogP contribution in [0.1, 0.15) is 17.3 Å². The number of aromatic amines is 1. The molecule has 0 aliphatic heterocycles. The van der Waals surface area contributed by atoms with E-state index in [0.717, 1.165) is 10.9 Å². The summed E-state index contributed by atoms with van der Waals surface area (Å²) in [6.45, 7) is 2.29. The van der Waals surface area contributed by atoms with Gasteiger partial charge in [-0.15, -0.1) is 5.10 Å². The van der Waals surface area contributed by atoms with Crippen molar-refractivity contribution in [3.8, 4) is 6.01 Å². The van der Waals surface area contributed by atoms with Crippen LogP contribution < -0.4 is 10.1 Å². The number of carbonyl (C=O) groups excluding carboxylic acids is 1. The molecule has 0 aliphatic rings. The first-order valence-electron chi connectivity index (χ1n) is 6.48. The zero-order valence-corrected chi connectivity index (χ0v) is 11.3. The number of anilines is 1. The van der Waals surface area contributed by atoms with Crippen molar-refractivity contribution >= 4 is 22.8 Å². The van der Waals surface area contributed by atoms with Gasteiger partial charge < -0.3 is 4.74 Å². The molecule has 2 aromatic heterocycles. The number of nitrogens with zero attached hydrogens (tertiary/aromatic N) is 3. The highest BCUT2D eigenvalue weighted by atomic mass is 16.5. The highest BCUT2D eigenvalue weighted by Gasteiger charge is 2.13. The Bertz CT molecular complexity index is 778. The van der Waals surface area contributed by atoms with Crippen LogP contribution in [0, 0.1) is 0 Å². The van der Waals surface area contributed by atoms with E-state index in [1.165, 1.54) is 0 Å². The highest BCUT2D eigenvalue weighted by Crippen LogP contribution is 2.17. The van der Waals surface area contributed by atoms with Gasteiger partial charge in [0, 0.05) is 11.6 Å². The molecule has 0 bridgehead atoms. The Morgan fingerprint density at radius 3 is 3.05 bits per heavy atom. The number of hydrogen-bond donors (Lipinski definition) is 2. The summed E-state index contributed by atoms with van der Waals surface area (Å²) in [4.78, 5) is 20.6. The zero-order valence-electron chi connectivity index (χ0n) is 11.3. The molecule has 0 atom stereocenters. The average molecular weight is 283 g/mol. The van der Waals surface area contributed by atoms with Crippen LogP contribution in [0.15, 0.2) is 36.5 Å². The fraction of sp³-hybridized carbons (Fsp3) is 0.143. The molecule has 0 aliphatic carbocycles. The predicted molar refractivity (Wildman–Crippen MR) is 77.2 cm³/mol. The SMILES string of the molecule is CCOc1n[nH]c(NC(=O)c2ccnc3ccccc23)n1. The number of carbonyl (C=O) groups is 1. The highest BCUT2D eigenvalue weighted by molar-refractivity contribution is 6.11. The molecule has 7 nitrogen and oxygen atoms in total. The quantitative estimate of drug-likeness (QED) is 0.764. The number of rotatable bonds is 4. The minimum Gasteiger partial charge on any atom is -0.463 e. The van der Waals surface area contributed by atoms with Crippen LogP contribution in [0.25, 0.3) is 10.9 Å². The summed E-state index contributed by atoms with van der Waals surface area (Å²) in [6, 6.07) is 9.31. The van der Waals surface area contributed by atoms with Gasteiger partial charge in [0.2, 0.25) is 5.95 Å². The molecule has 0 fully saturated rings. The van der Waals surface area contributed by atoms with Crippen molar-refractivity contribution in [1.29, 1.82) is 0 Å². The van der Waals surface area contributed by atoms with E-state index >= 15 is 0 Å². The maximum atomic E-state index is 12.3. The fourth-order valence-corrected chi connectivity index (χ4v) is 1.96. The molecule has 7 heteroatoms. The van der Waals surface area contributed by atoms with Gasteiger partial charge in [0.05, 0.1) is 17.7 Å². The number of pyridine rings is 1. The number of nitrogens with one attached hydrogen (secondary N) is 2. The van der Waals surface area contributed by atoms with E-state index in [0.29, 0.717) is 12.2 Å². The molecule has 0 radical (unpaired) electrons. The fourth-order valence-electron chi connectivity index (χ4n) is 1.96. The van der Waals surface area contributed by atoms with Crippen LogP contribution in [-0.4, -0.2) is 32.7 Å². The van der Waals surface area contributed by atoms with E-state index in [1.54, 1.807) is 12.3 Å². The van der Waals surface area contributed by atoms with E-state index in [4.69, 9.17) is 4.74 Å². The molecular weight excluding hydrogens is 270 g/mol. The molecule has 2 N–H and O–H groups in total. The molecule has 106 valence electrons. The minimum absolute atomic E-state index is 0.201. The number of aromatic nitrogens is 4. The van der Waals surface area contributed by atoms with Gasteiger partial charge in [-0.3, -0.25) is 15.1 Å². The summed E-state index contributed by atoms with van der Waals surface area (Å²) >= 11 is 0. The Kier molecular flexibility index (Phi) is 3.46. The lowest BCUT2D eigenvalue weighted by atomic mass is 10.1. The summed E-state index contributed by atoms with van der Waals surface area (Å²) in [5, 5.41) is 9.87. The van der Waals surface area contributed by atoms with Crippen LogP contribution in [0.3, 0.4) is 0 Å². The van der Waals surface area contributed by atoms with Crippen molar-refractivity contribution in [1.82, 2.24) is 20.2 Å². The summed E-state index contributed by atoms with van der Waals surface area (Å²) < 4.78 is 5.13. The molecule has 2 heterocycles. The molecule has 21 heavy (non-hydrogen) atoms. The molecule has 3 rings (SSSR count). The van der Waals surface area contributed by atoms with Crippen LogP contribution >= 0.6 is 0 Å². The number of hydrogen-bond acceptors (Lipinski definition) is 5. The third kappa shape index (κ3) is 2.66. The van der Waals surface area contributed by atoms with Crippen LogP contribution in [0.5, 0.6) is 6.01 Å². The maximum Gasteiger partial charge on any atom is 0.337 e. The lowest BCUT2D eigenvalue weighted by molar-refractivity contribution is 0.102. The number of para-hydroxylation sites is 1. The second-order valence-electron chi connectivity index (χ2n) is 4.23. The topological polar surface area (TPSA) is 92.8 Å². The van der Waals surface area contributed by atoms with Gasteiger partial charge in [-0.05, 0) is 19.1 Å². The molecule has 1 aromatic carbocycles. The number of amides is 1. The maximum absolute atomic E-state index is 12.3. The van der Waals surface area contributed by atoms with E-state index in [-0.39, 0.29) is 17.9 Å². The summed E-state index contributed by atoms with van der Waals surface area (Å²) in [6.07, 6.45) is 1.60. The second-order valence-corrected chi connectivity index (χ2v) is 4.23. The van der Waals surface area contributed by atoms with E-state index in [2.05, 4.69) is 25.5 Å². The monoisotopic (exact) mass is 283 g/mol. The van der Waals surface area contributed by atoms with E-state index < -0.39 is 0 Å². The number of ether oxygens (including phenoxy) is 1. The van der Waals surface area contributed by atoms with Crippen molar-refractivity contribution in [3.63, 3.8) is 0 Å². The van der Waals surface area contributed by atoms with Gasteiger partial charge in [0.15, 0.2) is 0 Å². The van der Waals surface area contributed by atoms with Crippen LogP contribution in [0.2, 0.25) is 0 Å². The number of H-pyrrole nitrogens is 1. The number of fused-ring (bicyclic) bond motifs is 1. The van der Waals surface area contributed by atoms with Crippen LogP contribution in [-0.2, 0) is 0 Å². The number of benzene rings is 1. The second kappa shape index (κ2) is 5.58. The molecule has 3 aromatic rings. The van der Waals surface area contributed by atoms with Crippen molar-refractivity contribution in [2.75, 3.05) is 11.9 Å². The van der Waals surface area contributed by atoms with Gasteiger partial charge >= 0.3 is 6.01 Å². The van der Waals surface area contributed by atoms with Crippen molar-refractivity contribution in [2.45, 2.75) is 6.92 Å². The molecule has 0 saturated heterocycles. The van der Waals surface area contributed by atoms with Gasteiger partial charge in [-0.2, -0.15) is 4.98 Å². The van der Waals surface area contributed by atoms with Gasteiger partial charge in [-0.1, -0.05) is 18.2 Å². The molecule has 0 saturated carbocycles. The Hall–Kier alpha value is -2.96. The van der Waals surface area contributed by atoms with Crippen molar-refractivity contribution in [3.05, 3.63) is 42.1 Å². The first-order valence-corrected chi connectivity index (χ1v) is 6.48. The van der Waals surface area contributed by atoms with Crippen molar-refractivity contribution < 1.29 is 9.53 Å². The molecule has 1 amide bonds. The van der Waals surface area contributed by atoms with Gasteiger partial charge in [0.1, 0.15) is 0 Å². The van der Waals surface area contributed by atoms with Gasteiger partial charge in [0.25, 0.3) is 5.91 Å². The largest absolute Gasteiger partial charge is 0.463 e. The molecule has 0 spiro atoms. The first kappa shape index (κ1) is 13.0. The lowest BCUT2D eigenvalue weighted by Gasteiger charge is -2.05. The minimum atomic E-state index is -0.284. The molecular formula is C14H13N5O2. The standard InChI is InChI=1S/C14H13N5O2/c1-2-21-14-17-13(18-19-14)16-12(20)10-7-8-15-11-6-4-3-5-9(10)11/h3-8H,2H2,1H3,(H2,16,17,18,19,20).